The fourth-order valence-electron chi connectivity index (χ4n) is 0.227. The van der Waals surface area contributed by atoms with Gasteiger partial charge in [-0.3, -0.25) is 0 Å². The first-order valence-electron chi connectivity index (χ1n) is 1.47. The summed E-state index contributed by atoms with van der Waals surface area (Å²) < 4.78 is 0. The zero-order valence-electron chi connectivity index (χ0n) is 2.72. The number of hydrogen-bond donors (Lipinski definition) is 0. The Morgan fingerprint density at radius 2 is 1.50 bits per heavy atom. The summed E-state index contributed by atoms with van der Waals surface area (Å²) in [6.07, 6.45) is 0. The summed E-state index contributed by atoms with van der Waals surface area (Å²) in [4.78, 5) is 0. The number of rotatable bonds is 0. The van der Waals surface area contributed by atoms with Crippen LogP contribution in [0.3, 0.4) is 0 Å². The van der Waals surface area contributed by atoms with Gasteiger partial charge in [-0.1, -0.05) is 12.1 Å². The minimum atomic E-state index is 0. The predicted molar refractivity (Wildman–Crippen MR) is 35.7 cm³/mol. The average Bonchev–Trinajstić information content (AvgIpc) is 1.76. The molecule has 0 aliphatic carbocycles. The number of thiophene rings is 1. The summed E-state index contributed by atoms with van der Waals surface area (Å²) in [5.74, 6) is 0. The van der Waals surface area contributed by atoms with Crippen molar-refractivity contribution in [3.8, 4) is 0 Å². The zero-order valence-corrected chi connectivity index (χ0v) is 3.53. The molecule has 1 aromatic rings. The van der Waals surface area contributed by atoms with Crippen LogP contribution in [0.5, 0.6) is 0 Å². The molecule has 0 saturated heterocycles. The van der Waals surface area contributed by atoms with Gasteiger partial charge in [-0.25, -0.2) is 0 Å². The SMILES string of the molecule is [SnH4].c1ccsc1. The van der Waals surface area contributed by atoms with E-state index in [-0.39, 0.29) is 23.9 Å². The van der Waals surface area contributed by atoms with E-state index in [1.165, 1.54) is 0 Å². The quantitative estimate of drug-likeness (QED) is 0.536. The van der Waals surface area contributed by atoms with Crippen LogP contribution >= 0.6 is 11.3 Å². The molecule has 0 aromatic carbocycles. The maximum Gasteiger partial charge on any atom is -0.00934 e. The first-order chi connectivity index (χ1) is 2.50. The third kappa shape index (κ3) is 1.82. The van der Waals surface area contributed by atoms with Crippen molar-refractivity contribution in [3.05, 3.63) is 22.9 Å². The molecule has 0 unspecified atom stereocenters. The Morgan fingerprint density at radius 3 is 1.67 bits per heavy atom. The molecule has 34 valence electrons. The summed E-state index contributed by atoms with van der Waals surface area (Å²) in [6.45, 7) is 0. The van der Waals surface area contributed by atoms with Gasteiger partial charge in [-0.2, -0.15) is 11.3 Å². The van der Waals surface area contributed by atoms with Crippen LogP contribution in [0.2, 0.25) is 0 Å². The molecule has 0 fully saturated rings. The number of hydrogen-bond acceptors (Lipinski definition) is 1. The third-order valence-corrected chi connectivity index (χ3v) is 1.05. The largest absolute Gasteiger partial charge is 0.152 e. The van der Waals surface area contributed by atoms with E-state index in [2.05, 4.69) is 0 Å². The molecule has 0 nitrogen and oxygen atoms in total. The molecule has 6 heavy (non-hydrogen) atoms. The summed E-state index contributed by atoms with van der Waals surface area (Å²) in [7, 11) is 0. The molecule has 0 amide bonds. The van der Waals surface area contributed by atoms with E-state index in [1.54, 1.807) is 11.3 Å². The fourth-order valence-corrected chi connectivity index (χ4v) is 0.680. The van der Waals surface area contributed by atoms with Gasteiger partial charge in [0.1, 0.15) is 0 Å². The molecule has 0 saturated carbocycles. The van der Waals surface area contributed by atoms with Gasteiger partial charge in [0, 0.05) is 0 Å². The molecule has 1 rings (SSSR count). The molecule has 0 spiro atoms. The average molecular weight is 207 g/mol. The topological polar surface area (TPSA) is 0 Å². The summed E-state index contributed by atoms with van der Waals surface area (Å²) in [5.41, 5.74) is 0. The van der Waals surface area contributed by atoms with Crippen molar-refractivity contribution in [2.45, 2.75) is 0 Å². The molecule has 0 N–H and O–H groups in total. The van der Waals surface area contributed by atoms with E-state index < -0.39 is 0 Å². The standard InChI is InChI=1S/C4H4S.Sn.4H/c1-2-4-5-3-1;;;;;/h1-4H;;;;;. The van der Waals surface area contributed by atoms with Crippen LogP contribution in [-0.2, 0) is 0 Å². The Balaban J connectivity index is 0.000000250. The minimum Gasteiger partial charge on any atom is -0.152 e. The Bertz CT molecular complexity index is 64.0. The summed E-state index contributed by atoms with van der Waals surface area (Å²) >= 11 is 1.71. The van der Waals surface area contributed by atoms with Crippen LogP contribution in [0, 0.1) is 0 Å². The van der Waals surface area contributed by atoms with Crippen molar-refractivity contribution in [2.24, 2.45) is 0 Å². The maximum atomic E-state index is 2.04. The van der Waals surface area contributed by atoms with Gasteiger partial charge < -0.3 is 0 Å². The van der Waals surface area contributed by atoms with Gasteiger partial charge in [0.2, 0.25) is 0 Å². The molecule has 2 heteroatoms. The van der Waals surface area contributed by atoms with E-state index in [9.17, 15) is 0 Å². The first kappa shape index (κ1) is 6.50. The fraction of sp³-hybridized carbons (Fsp3) is 0. The van der Waals surface area contributed by atoms with E-state index in [0.29, 0.717) is 0 Å². The molecule has 0 radical (unpaired) electrons. The molecular weight excluding hydrogens is 199 g/mol. The Kier molecular flexibility index (Phi) is 3.99. The van der Waals surface area contributed by atoms with E-state index in [1.807, 2.05) is 22.9 Å². The van der Waals surface area contributed by atoms with E-state index >= 15 is 0 Å². The van der Waals surface area contributed by atoms with Crippen LogP contribution in [0.1, 0.15) is 0 Å². The Morgan fingerprint density at radius 1 is 1.00 bits per heavy atom. The second-order valence-electron chi connectivity index (χ2n) is 0.793. The normalized spacial score (nSPS) is 6.67. The van der Waals surface area contributed by atoms with Gasteiger partial charge in [0.25, 0.3) is 0 Å². The van der Waals surface area contributed by atoms with Gasteiger partial charge in [-0.05, 0) is 10.8 Å². The van der Waals surface area contributed by atoms with Crippen LogP contribution in [0.15, 0.2) is 22.9 Å². The third-order valence-electron chi connectivity index (χ3n) is 0.425. The molecule has 0 aliphatic rings. The van der Waals surface area contributed by atoms with Gasteiger partial charge in [-0.15, -0.1) is 0 Å². The second kappa shape index (κ2) is 3.68. The van der Waals surface area contributed by atoms with Gasteiger partial charge in [0.15, 0.2) is 0 Å². The van der Waals surface area contributed by atoms with Gasteiger partial charge in [0.05, 0.1) is 0 Å². The van der Waals surface area contributed by atoms with E-state index in [4.69, 9.17) is 0 Å². The van der Waals surface area contributed by atoms with Crippen LogP contribution in [-0.4, -0.2) is 23.9 Å². The second-order valence-corrected chi connectivity index (χ2v) is 1.61. The Labute approximate surface area is 58.2 Å². The molecular formula is C4H8SSn. The summed E-state index contributed by atoms with van der Waals surface area (Å²) in [6, 6.07) is 4.04. The smallest absolute Gasteiger partial charge is 0.00934 e. The molecule has 0 atom stereocenters. The van der Waals surface area contributed by atoms with Crippen molar-refractivity contribution in [1.29, 1.82) is 0 Å². The van der Waals surface area contributed by atoms with Crippen LogP contribution in [0.25, 0.3) is 0 Å². The van der Waals surface area contributed by atoms with E-state index in [0.717, 1.165) is 0 Å². The summed E-state index contributed by atoms with van der Waals surface area (Å²) in [5, 5.41) is 4.08. The molecule has 0 bridgehead atoms. The zero-order chi connectivity index (χ0) is 3.54. The van der Waals surface area contributed by atoms with Crippen molar-refractivity contribution < 1.29 is 0 Å². The van der Waals surface area contributed by atoms with Crippen molar-refractivity contribution in [2.75, 3.05) is 0 Å². The van der Waals surface area contributed by atoms with Crippen molar-refractivity contribution in [3.63, 3.8) is 0 Å². The van der Waals surface area contributed by atoms with Crippen molar-refractivity contribution in [1.82, 2.24) is 0 Å². The minimum absolute atomic E-state index is 0. The van der Waals surface area contributed by atoms with Crippen LogP contribution < -0.4 is 0 Å². The molecule has 1 heterocycles. The Hall–Kier alpha value is 0.499. The monoisotopic (exact) mass is 208 g/mol. The van der Waals surface area contributed by atoms with Crippen molar-refractivity contribution >= 4 is 35.2 Å². The van der Waals surface area contributed by atoms with Crippen LogP contribution in [0.4, 0.5) is 0 Å². The first-order valence-corrected chi connectivity index (χ1v) is 2.41. The maximum absolute atomic E-state index is 2.04. The molecule has 1 aromatic heterocycles. The predicted octanol–water partition coefficient (Wildman–Crippen LogP) is 0.296. The molecule has 0 aliphatic heterocycles. The van der Waals surface area contributed by atoms with Gasteiger partial charge >= 0.3 is 23.9 Å².